The molecule has 0 aliphatic heterocycles. The van der Waals surface area contributed by atoms with Crippen molar-refractivity contribution < 1.29 is 4.79 Å². The van der Waals surface area contributed by atoms with Crippen LogP contribution in [-0.2, 0) is 6.54 Å². The number of hydrogen-bond donors (Lipinski definition) is 0. The van der Waals surface area contributed by atoms with E-state index in [1.54, 1.807) is 4.90 Å². The van der Waals surface area contributed by atoms with E-state index in [2.05, 4.69) is 47.1 Å². The number of carbonyl (C=O) groups excluding carboxylic acids is 1. The summed E-state index contributed by atoms with van der Waals surface area (Å²) in [5.74, 6) is 0.0689. The van der Waals surface area contributed by atoms with E-state index in [-0.39, 0.29) is 5.91 Å². The van der Waals surface area contributed by atoms with Crippen LogP contribution in [0.5, 0.6) is 0 Å². The van der Waals surface area contributed by atoms with Gasteiger partial charge in [-0.1, -0.05) is 29.8 Å². The Morgan fingerprint density at radius 1 is 1.26 bits per heavy atom. The third kappa shape index (κ3) is 3.45. The molecular formula is C15H16BrNOS. The summed E-state index contributed by atoms with van der Waals surface area (Å²) in [6, 6.07) is 10.2. The van der Waals surface area contributed by atoms with E-state index in [0.717, 1.165) is 19.8 Å². The first-order valence-electron chi connectivity index (χ1n) is 6.04. The Labute approximate surface area is 126 Å². The van der Waals surface area contributed by atoms with Crippen LogP contribution in [0.25, 0.3) is 0 Å². The highest BCUT2D eigenvalue weighted by molar-refractivity contribution is 9.11. The van der Waals surface area contributed by atoms with Crippen molar-refractivity contribution in [1.82, 2.24) is 4.90 Å². The van der Waals surface area contributed by atoms with Crippen molar-refractivity contribution in [1.29, 1.82) is 0 Å². The van der Waals surface area contributed by atoms with Crippen LogP contribution in [-0.4, -0.2) is 17.9 Å². The standard InChI is InChI=1S/C15H16BrNOS/c1-10-4-6-12(7-5-10)9-17(3)15(18)13-8-11(2)14(16)19-13/h4-8H,9H2,1-3H3. The van der Waals surface area contributed by atoms with Gasteiger partial charge in [-0.2, -0.15) is 0 Å². The maximum Gasteiger partial charge on any atom is 0.264 e. The van der Waals surface area contributed by atoms with Gasteiger partial charge in [0.2, 0.25) is 0 Å². The molecule has 0 saturated heterocycles. The number of hydrogen-bond acceptors (Lipinski definition) is 2. The van der Waals surface area contributed by atoms with Crippen LogP contribution < -0.4 is 0 Å². The summed E-state index contributed by atoms with van der Waals surface area (Å²) in [4.78, 5) is 14.8. The van der Waals surface area contributed by atoms with Crippen molar-refractivity contribution >= 4 is 33.2 Å². The molecule has 0 radical (unpaired) electrons. The Morgan fingerprint density at radius 2 is 1.89 bits per heavy atom. The van der Waals surface area contributed by atoms with Crippen LogP contribution in [0.1, 0.15) is 26.4 Å². The highest BCUT2D eigenvalue weighted by atomic mass is 79.9. The average Bonchev–Trinajstić information content (AvgIpc) is 2.71. The molecule has 2 rings (SSSR count). The van der Waals surface area contributed by atoms with Crippen LogP contribution in [0.4, 0.5) is 0 Å². The molecule has 2 nitrogen and oxygen atoms in total. The van der Waals surface area contributed by atoms with Gasteiger partial charge in [-0.3, -0.25) is 4.79 Å². The number of halogens is 1. The number of thiophene rings is 1. The number of benzene rings is 1. The quantitative estimate of drug-likeness (QED) is 0.812. The molecule has 4 heteroatoms. The summed E-state index contributed by atoms with van der Waals surface area (Å²) in [5, 5.41) is 0. The predicted octanol–water partition coefficient (Wildman–Crippen LogP) is 4.40. The fourth-order valence-corrected chi connectivity index (χ4v) is 3.32. The molecule has 2 aromatic rings. The number of carbonyl (C=O) groups is 1. The van der Waals surface area contributed by atoms with Crippen LogP contribution in [0.2, 0.25) is 0 Å². The molecular weight excluding hydrogens is 322 g/mol. The van der Waals surface area contributed by atoms with Crippen molar-refractivity contribution in [2.45, 2.75) is 20.4 Å². The van der Waals surface area contributed by atoms with Gasteiger partial charge in [0, 0.05) is 13.6 Å². The molecule has 19 heavy (non-hydrogen) atoms. The Bertz CT molecular complexity index is 569. The van der Waals surface area contributed by atoms with Gasteiger partial charge in [0.05, 0.1) is 8.66 Å². The van der Waals surface area contributed by atoms with Gasteiger partial charge in [0.15, 0.2) is 0 Å². The normalized spacial score (nSPS) is 10.5. The second-order valence-corrected chi connectivity index (χ2v) is 7.08. The van der Waals surface area contributed by atoms with E-state index in [1.165, 1.54) is 16.9 Å². The lowest BCUT2D eigenvalue weighted by atomic mass is 10.1. The van der Waals surface area contributed by atoms with Gasteiger partial charge in [-0.15, -0.1) is 11.3 Å². The molecule has 1 heterocycles. The maximum absolute atomic E-state index is 12.3. The largest absolute Gasteiger partial charge is 0.337 e. The third-order valence-corrected chi connectivity index (χ3v) is 5.08. The molecule has 0 unspecified atom stereocenters. The van der Waals surface area contributed by atoms with Crippen molar-refractivity contribution in [2.75, 3.05) is 7.05 Å². The van der Waals surface area contributed by atoms with Crippen LogP contribution in [0.15, 0.2) is 34.1 Å². The molecule has 1 aromatic heterocycles. The first-order chi connectivity index (χ1) is 8.97. The Morgan fingerprint density at radius 3 is 2.42 bits per heavy atom. The zero-order chi connectivity index (χ0) is 14.0. The monoisotopic (exact) mass is 337 g/mol. The van der Waals surface area contributed by atoms with E-state index < -0.39 is 0 Å². The number of nitrogens with zero attached hydrogens (tertiary/aromatic N) is 1. The number of rotatable bonds is 3. The minimum absolute atomic E-state index is 0.0689. The van der Waals surface area contributed by atoms with Gasteiger partial charge < -0.3 is 4.90 Å². The Balaban J connectivity index is 2.09. The first-order valence-corrected chi connectivity index (χ1v) is 7.65. The topological polar surface area (TPSA) is 20.3 Å². The summed E-state index contributed by atoms with van der Waals surface area (Å²) in [6.07, 6.45) is 0. The third-order valence-electron chi connectivity index (χ3n) is 2.96. The fourth-order valence-electron chi connectivity index (χ4n) is 1.79. The van der Waals surface area contributed by atoms with E-state index in [0.29, 0.717) is 6.54 Å². The summed E-state index contributed by atoms with van der Waals surface area (Å²) in [7, 11) is 1.84. The first kappa shape index (κ1) is 14.3. The summed E-state index contributed by atoms with van der Waals surface area (Å²) in [6.45, 7) is 4.69. The van der Waals surface area contributed by atoms with Crippen LogP contribution in [0.3, 0.4) is 0 Å². The highest BCUT2D eigenvalue weighted by Gasteiger charge is 2.15. The summed E-state index contributed by atoms with van der Waals surface area (Å²) in [5.41, 5.74) is 3.49. The summed E-state index contributed by atoms with van der Waals surface area (Å²) >= 11 is 4.95. The fraction of sp³-hybridized carbons (Fsp3) is 0.267. The molecule has 0 fully saturated rings. The Hall–Kier alpha value is -1.13. The second-order valence-electron chi connectivity index (χ2n) is 4.71. The van der Waals surface area contributed by atoms with Crippen LogP contribution in [0, 0.1) is 13.8 Å². The zero-order valence-electron chi connectivity index (χ0n) is 11.2. The SMILES string of the molecule is Cc1ccc(CN(C)C(=O)c2cc(C)c(Br)s2)cc1. The smallest absolute Gasteiger partial charge is 0.264 e. The molecule has 0 spiro atoms. The van der Waals surface area contributed by atoms with E-state index in [9.17, 15) is 4.79 Å². The minimum Gasteiger partial charge on any atom is -0.337 e. The van der Waals surface area contributed by atoms with Gasteiger partial charge in [0.25, 0.3) is 5.91 Å². The van der Waals surface area contributed by atoms with Crippen molar-refractivity contribution in [3.63, 3.8) is 0 Å². The lowest BCUT2D eigenvalue weighted by Gasteiger charge is -2.16. The van der Waals surface area contributed by atoms with E-state index in [1.807, 2.05) is 20.0 Å². The molecule has 0 aliphatic carbocycles. The molecule has 100 valence electrons. The molecule has 0 N–H and O–H groups in total. The molecule has 0 saturated carbocycles. The number of aryl methyl sites for hydroxylation is 2. The van der Waals surface area contributed by atoms with Gasteiger partial charge in [-0.05, 0) is 47.0 Å². The molecule has 1 aromatic carbocycles. The summed E-state index contributed by atoms with van der Waals surface area (Å²) < 4.78 is 1.03. The zero-order valence-corrected chi connectivity index (χ0v) is 13.6. The lowest BCUT2D eigenvalue weighted by Crippen LogP contribution is -2.25. The molecule has 0 aliphatic rings. The average molecular weight is 338 g/mol. The van der Waals surface area contributed by atoms with Gasteiger partial charge in [-0.25, -0.2) is 0 Å². The molecule has 0 bridgehead atoms. The molecule has 1 amide bonds. The van der Waals surface area contributed by atoms with E-state index >= 15 is 0 Å². The molecule has 0 atom stereocenters. The predicted molar refractivity (Wildman–Crippen MR) is 83.7 cm³/mol. The van der Waals surface area contributed by atoms with Crippen molar-refractivity contribution in [3.8, 4) is 0 Å². The van der Waals surface area contributed by atoms with Gasteiger partial charge >= 0.3 is 0 Å². The van der Waals surface area contributed by atoms with E-state index in [4.69, 9.17) is 0 Å². The van der Waals surface area contributed by atoms with Crippen LogP contribution >= 0.6 is 27.3 Å². The lowest BCUT2D eigenvalue weighted by molar-refractivity contribution is 0.0790. The van der Waals surface area contributed by atoms with Crippen molar-refractivity contribution in [3.05, 3.63) is 55.7 Å². The maximum atomic E-state index is 12.3. The van der Waals surface area contributed by atoms with Crippen molar-refractivity contribution in [2.24, 2.45) is 0 Å². The van der Waals surface area contributed by atoms with Gasteiger partial charge in [0.1, 0.15) is 0 Å². The second kappa shape index (κ2) is 5.88. The minimum atomic E-state index is 0.0689. The Kier molecular flexibility index (Phi) is 4.42. The number of amides is 1. The highest BCUT2D eigenvalue weighted by Crippen LogP contribution is 2.28.